The van der Waals surface area contributed by atoms with Crippen molar-refractivity contribution in [3.05, 3.63) is 35.4 Å². The Hall–Kier alpha value is -1.11. The van der Waals surface area contributed by atoms with E-state index in [0.29, 0.717) is 30.8 Å². The zero-order chi connectivity index (χ0) is 16.7. The molecule has 24 heavy (non-hydrogen) atoms. The highest BCUT2D eigenvalue weighted by atomic mass is 19.4. The SMILES string of the molecule is FC(F)(F)c1ccccc1CN1CCN2[C@@H](COC[C@@H]2C2CC2)C1. The molecule has 2 atom stereocenters. The minimum absolute atomic E-state index is 0.316. The van der Waals surface area contributed by atoms with Crippen LogP contribution >= 0.6 is 0 Å². The molecular formula is C18H23F3N2O. The van der Waals surface area contributed by atoms with E-state index < -0.39 is 11.7 Å². The van der Waals surface area contributed by atoms with E-state index in [1.807, 2.05) is 0 Å². The Kier molecular flexibility index (Phi) is 4.31. The summed E-state index contributed by atoms with van der Waals surface area (Å²) in [4.78, 5) is 4.69. The number of halogens is 3. The van der Waals surface area contributed by atoms with Crippen molar-refractivity contribution in [2.45, 2.75) is 37.6 Å². The Morgan fingerprint density at radius 2 is 1.88 bits per heavy atom. The molecule has 0 radical (unpaired) electrons. The molecule has 3 fully saturated rings. The fourth-order valence-corrected chi connectivity index (χ4v) is 4.15. The molecule has 2 heterocycles. The third-order valence-corrected chi connectivity index (χ3v) is 5.52. The van der Waals surface area contributed by atoms with Crippen molar-refractivity contribution >= 4 is 0 Å². The van der Waals surface area contributed by atoms with E-state index in [0.717, 1.165) is 32.2 Å². The summed E-state index contributed by atoms with van der Waals surface area (Å²) in [5.74, 6) is 0.769. The first-order valence-electron chi connectivity index (χ1n) is 8.73. The molecule has 0 aromatic heterocycles. The summed E-state index contributed by atoms with van der Waals surface area (Å²) >= 11 is 0. The fraction of sp³-hybridized carbons (Fsp3) is 0.667. The van der Waals surface area contributed by atoms with Crippen LogP contribution in [0.15, 0.2) is 24.3 Å². The molecule has 1 aromatic carbocycles. The second kappa shape index (κ2) is 6.32. The predicted molar refractivity (Wildman–Crippen MR) is 84.5 cm³/mol. The van der Waals surface area contributed by atoms with Crippen LogP contribution in [0.2, 0.25) is 0 Å². The number of alkyl halides is 3. The van der Waals surface area contributed by atoms with Crippen LogP contribution < -0.4 is 0 Å². The van der Waals surface area contributed by atoms with Crippen LogP contribution in [0.1, 0.15) is 24.0 Å². The Balaban J connectivity index is 1.44. The number of ether oxygens (including phenoxy) is 1. The third-order valence-electron chi connectivity index (χ3n) is 5.52. The molecule has 6 heteroatoms. The second-order valence-corrected chi connectivity index (χ2v) is 7.22. The maximum Gasteiger partial charge on any atom is 0.416 e. The molecule has 2 aliphatic heterocycles. The third kappa shape index (κ3) is 3.32. The number of hydrogen-bond donors (Lipinski definition) is 0. The van der Waals surface area contributed by atoms with Gasteiger partial charge in [-0.1, -0.05) is 18.2 Å². The first kappa shape index (κ1) is 16.4. The van der Waals surface area contributed by atoms with E-state index >= 15 is 0 Å². The molecule has 3 aliphatic rings. The summed E-state index contributed by atoms with van der Waals surface area (Å²) in [7, 11) is 0. The molecule has 0 spiro atoms. The number of rotatable bonds is 3. The van der Waals surface area contributed by atoms with Crippen LogP contribution in [0.5, 0.6) is 0 Å². The van der Waals surface area contributed by atoms with Crippen molar-refractivity contribution in [1.82, 2.24) is 9.80 Å². The van der Waals surface area contributed by atoms with Crippen molar-refractivity contribution in [2.24, 2.45) is 5.92 Å². The summed E-state index contributed by atoms with van der Waals surface area (Å²) in [5, 5.41) is 0. The molecule has 3 nitrogen and oxygen atoms in total. The van der Waals surface area contributed by atoms with Crippen molar-refractivity contribution in [1.29, 1.82) is 0 Å². The van der Waals surface area contributed by atoms with Gasteiger partial charge in [-0.25, -0.2) is 0 Å². The lowest BCUT2D eigenvalue weighted by molar-refractivity contribution is -0.138. The summed E-state index contributed by atoms with van der Waals surface area (Å²) < 4.78 is 45.3. The number of fused-ring (bicyclic) bond motifs is 1. The van der Waals surface area contributed by atoms with E-state index in [9.17, 15) is 13.2 Å². The van der Waals surface area contributed by atoms with Gasteiger partial charge in [0.25, 0.3) is 0 Å². The lowest BCUT2D eigenvalue weighted by Gasteiger charge is -2.48. The van der Waals surface area contributed by atoms with Gasteiger partial charge >= 0.3 is 6.18 Å². The molecule has 0 N–H and O–H groups in total. The lowest BCUT2D eigenvalue weighted by atomic mass is 10.0. The Morgan fingerprint density at radius 1 is 1.08 bits per heavy atom. The molecule has 0 amide bonds. The van der Waals surface area contributed by atoms with Crippen molar-refractivity contribution < 1.29 is 17.9 Å². The molecule has 132 valence electrons. The van der Waals surface area contributed by atoms with E-state index in [2.05, 4.69) is 9.80 Å². The van der Waals surface area contributed by atoms with Crippen molar-refractivity contribution in [3.63, 3.8) is 0 Å². The summed E-state index contributed by atoms with van der Waals surface area (Å²) in [5.41, 5.74) is -0.142. The van der Waals surface area contributed by atoms with Gasteiger partial charge in [0.1, 0.15) is 0 Å². The van der Waals surface area contributed by atoms with Crippen LogP contribution in [0.4, 0.5) is 13.2 Å². The first-order chi connectivity index (χ1) is 11.5. The van der Waals surface area contributed by atoms with E-state index in [-0.39, 0.29) is 0 Å². The van der Waals surface area contributed by atoms with Crippen LogP contribution in [-0.4, -0.2) is 54.7 Å². The topological polar surface area (TPSA) is 15.7 Å². The number of piperazine rings is 1. The molecule has 0 bridgehead atoms. The predicted octanol–water partition coefficient (Wildman–Crippen LogP) is 3.00. The van der Waals surface area contributed by atoms with Gasteiger partial charge < -0.3 is 4.74 Å². The minimum Gasteiger partial charge on any atom is -0.378 e. The Labute approximate surface area is 140 Å². The fourth-order valence-electron chi connectivity index (χ4n) is 4.15. The van der Waals surface area contributed by atoms with Gasteiger partial charge in [-0.15, -0.1) is 0 Å². The maximum absolute atomic E-state index is 13.2. The molecule has 4 rings (SSSR count). The van der Waals surface area contributed by atoms with Gasteiger partial charge in [0.15, 0.2) is 0 Å². The molecule has 2 saturated heterocycles. The highest BCUT2D eigenvalue weighted by molar-refractivity contribution is 5.29. The normalized spacial score (nSPS) is 29.5. The van der Waals surface area contributed by atoms with Gasteiger partial charge in [0.05, 0.1) is 18.8 Å². The van der Waals surface area contributed by atoms with E-state index in [1.165, 1.54) is 25.0 Å². The quantitative estimate of drug-likeness (QED) is 0.841. The summed E-state index contributed by atoms with van der Waals surface area (Å²) in [6, 6.07) is 6.76. The summed E-state index contributed by atoms with van der Waals surface area (Å²) in [6.45, 7) is 4.41. The minimum atomic E-state index is -4.29. The van der Waals surface area contributed by atoms with Crippen LogP contribution in [0.3, 0.4) is 0 Å². The average molecular weight is 340 g/mol. The standard InChI is InChI=1S/C18H23F3N2O/c19-18(20,21)16-4-2-1-3-14(16)9-22-7-8-23-15(10-22)11-24-12-17(23)13-5-6-13/h1-4,13,15,17H,5-12H2/t15-,17-/m1/s1. The molecule has 1 saturated carbocycles. The highest BCUT2D eigenvalue weighted by Crippen LogP contribution is 2.38. The monoisotopic (exact) mass is 340 g/mol. The van der Waals surface area contributed by atoms with Crippen LogP contribution in [0, 0.1) is 5.92 Å². The van der Waals surface area contributed by atoms with Crippen LogP contribution in [0.25, 0.3) is 0 Å². The Morgan fingerprint density at radius 3 is 2.62 bits per heavy atom. The summed E-state index contributed by atoms with van der Waals surface area (Å²) in [6.07, 6.45) is -1.71. The van der Waals surface area contributed by atoms with Crippen LogP contribution in [-0.2, 0) is 17.5 Å². The van der Waals surface area contributed by atoms with Gasteiger partial charge in [-0.05, 0) is 30.4 Å². The van der Waals surface area contributed by atoms with Gasteiger partial charge in [0, 0.05) is 38.3 Å². The zero-order valence-corrected chi connectivity index (χ0v) is 13.6. The van der Waals surface area contributed by atoms with E-state index in [1.54, 1.807) is 12.1 Å². The number of nitrogens with zero attached hydrogens (tertiary/aromatic N) is 2. The van der Waals surface area contributed by atoms with Crippen molar-refractivity contribution in [3.8, 4) is 0 Å². The number of benzene rings is 1. The first-order valence-corrected chi connectivity index (χ1v) is 8.73. The number of hydrogen-bond acceptors (Lipinski definition) is 3. The molecule has 1 aliphatic carbocycles. The second-order valence-electron chi connectivity index (χ2n) is 7.22. The maximum atomic E-state index is 13.2. The van der Waals surface area contributed by atoms with Gasteiger partial charge in [-0.3, -0.25) is 9.80 Å². The van der Waals surface area contributed by atoms with Gasteiger partial charge in [-0.2, -0.15) is 13.2 Å². The highest BCUT2D eigenvalue weighted by Gasteiger charge is 2.43. The van der Waals surface area contributed by atoms with Crippen molar-refractivity contribution in [2.75, 3.05) is 32.8 Å². The lowest BCUT2D eigenvalue weighted by Crippen LogP contribution is -2.62. The number of morpholine rings is 1. The average Bonchev–Trinajstić information content (AvgIpc) is 3.38. The van der Waals surface area contributed by atoms with E-state index in [4.69, 9.17) is 4.74 Å². The molecule has 0 unspecified atom stereocenters. The van der Waals surface area contributed by atoms with Gasteiger partial charge in [0.2, 0.25) is 0 Å². The molecular weight excluding hydrogens is 317 g/mol. The zero-order valence-electron chi connectivity index (χ0n) is 13.6. The smallest absolute Gasteiger partial charge is 0.378 e. The largest absolute Gasteiger partial charge is 0.416 e. The Bertz CT molecular complexity index is 588. The molecule has 1 aromatic rings.